The van der Waals surface area contributed by atoms with E-state index in [0.29, 0.717) is 5.75 Å². The Kier molecular flexibility index (Phi) is 5.34. The topological polar surface area (TPSA) is 100 Å². The summed E-state index contributed by atoms with van der Waals surface area (Å²) in [5.41, 5.74) is 0.234. The standard InChI is InChI=1S/C19H23N5O4/c1-12(2)28-14-8-6-5-7-13(14)9-20-15(25)10-24-18(26)16-17(21-11-22(16)3)23(4)19(24)27/h5-8,11-12H,9-10H2,1-4H3,(H,20,25). The number of benzene rings is 1. The molecule has 0 aliphatic rings. The van der Waals surface area contributed by atoms with Crippen LogP contribution in [0.2, 0.25) is 0 Å². The van der Waals surface area contributed by atoms with Crippen LogP contribution in [-0.2, 0) is 32.0 Å². The number of fused-ring (bicyclic) bond motifs is 1. The van der Waals surface area contributed by atoms with Gasteiger partial charge in [-0.05, 0) is 19.9 Å². The zero-order valence-corrected chi connectivity index (χ0v) is 16.3. The van der Waals surface area contributed by atoms with Crippen molar-refractivity contribution >= 4 is 17.1 Å². The van der Waals surface area contributed by atoms with Crippen molar-refractivity contribution in [1.29, 1.82) is 0 Å². The summed E-state index contributed by atoms with van der Waals surface area (Å²) in [6, 6.07) is 7.39. The van der Waals surface area contributed by atoms with Crippen LogP contribution in [0.5, 0.6) is 5.75 Å². The molecule has 0 aliphatic heterocycles. The van der Waals surface area contributed by atoms with Crippen molar-refractivity contribution in [2.45, 2.75) is 33.0 Å². The number of hydrogen-bond acceptors (Lipinski definition) is 5. The first-order chi connectivity index (χ1) is 13.3. The molecule has 1 amide bonds. The molecule has 9 nitrogen and oxygen atoms in total. The minimum absolute atomic E-state index is 0.00377. The van der Waals surface area contributed by atoms with Crippen molar-refractivity contribution in [2.75, 3.05) is 0 Å². The lowest BCUT2D eigenvalue weighted by Gasteiger charge is -2.15. The molecule has 3 rings (SSSR count). The van der Waals surface area contributed by atoms with Gasteiger partial charge in [0, 0.05) is 26.2 Å². The minimum atomic E-state index is -0.588. The molecule has 0 saturated carbocycles. The Hall–Kier alpha value is -3.36. The van der Waals surface area contributed by atoms with Gasteiger partial charge >= 0.3 is 5.69 Å². The van der Waals surface area contributed by atoms with E-state index in [1.165, 1.54) is 22.5 Å². The summed E-state index contributed by atoms with van der Waals surface area (Å²) in [7, 11) is 3.18. The normalized spacial score (nSPS) is 11.2. The Morgan fingerprint density at radius 2 is 1.93 bits per heavy atom. The number of amides is 1. The van der Waals surface area contributed by atoms with Crippen molar-refractivity contribution in [1.82, 2.24) is 24.0 Å². The van der Waals surface area contributed by atoms with E-state index in [1.54, 1.807) is 7.05 Å². The van der Waals surface area contributed by atoms with E-state index >= 15 is 0 Å². The number of imidazole rings is 1. The first-order valence-corrected chi connectivity index (χ1v) is 8.91. The first-order valence-electron chi connectivity index (χ1n) is 8.91. The minimum Gasteiger partial charge on any atom is -0.491 e. The van der Waals surface area contributed by atoms with Gasteiger partial charge in [-0.2, -0.15) is 0 Å². The van der Waals surface area contributed by atoms with Gasteiger partial charge in [-0.1, -0.05) is 18.2 Å². The molecule has 0 spiro atoms. The zero-order chi connectivity index (χ0) is 20.4. The fraction of sp³-hybridized carbons (Fsp3) is 0.368. The first kappa shape index (κ1) is 19.4. The molecule has 0 unspecified atom stereocenters. The van der Waals surface area contributed by atoms with Crippen LogP contribution in [0.1, 0.15) is 19.4 Å². The van der Waals surface area contributed by atoms with Gasteiger partial charge in [0.2, 0.25) is 5.91 Å². The van der Waals surface area contributed by atoms with E-state index in [1.807, 2.05) is 38.1 Å². The summed E-state index contributed by atoms with van der Waals surface area (Å²) in [5.74, 6) is 0.238. The highest BCUT2D eigenvalue weighted by Gasteiger charge is 2.17. The van der Waals surface area contributed by atoms with Crippen molar-refractivity contribution < 1.29 is 9.53 Å². The van der Waals surface area contributed by atoms with Gasteiger partial charge in [-0.3, -0.25) is 14.2 Å². The number of nitrogens with zero attached hydrogens (tertiary/aromatic N) is 4. The molecule has 2 heterocycles. The molecule has 9 heteroatoms. The molecular formula is C19H23N5O4. The number of aromatic nitrogens is 4. The smallest absolute Gasteiger partial charge is 0.332 e. The van der Waals surface area contributed by atoms with E-state index < -0.39 is 17.2 Å². The fourth-order valence-electron chi connectivity index (χ4n) is 2.95. The van der Waals surface area contributed by atoms with Crippen LogP contribution >= 0.6 is 0 Å². The number of nitrogens with one attached hydrogen (secondary N) is 1. The molecule has 0 bridgehead atoms. The Labute approximate surface area is 161 Å². The molecule has 1 N–H and O–H groups in total. The zero-order valence-electron chi connectivity index (χ0n) is 16.3. The van der Waals surface area contributed by atoms with E-state index in [0.717, 1.165) is 10.1 Å². The van der Waals surface area contributed by atoms with Crippen LogP contribution in [0.4, 0.5) is 0 Å². The lowest BCUT2D eigenvalue weighted by atomic mass is 10.2. The van der Waals surface area contributed by atoms with Crippen LogP contribution in [0.25, 0.3) is 11.2 Å². The molecular weight excluding hydrogens is 362 g/mol. The maximum atomic E-state index is 12.7. The largest absolute Gasteiger partial charge is 0.491 e. The lowest BCUT2D eigenvalue weighted by Crippen LogP contribution is -2.43. The predicted octanol–water partition coefficient (Wildman–Crippen LogP) is 0.537. The fourth-order valence-corrected chi connectivity index (χ4v) is 2.95. The number of carbonyl (C=O) groups excluding carboxylic acids is 1. The molecule has 0 radical (unpaired) electrons. The van der Waals surface area contributed by atoms with Crippen molar-refractivity contribution in [2.24, 2.45) is 14.1 Å². The molecule has 1 aromatic carbocycles. The van der Waals surface area contributed by atoms with Crippen molar-refractivity contribution in [3.63, 3.8) is 0 Å². The summed E-state index contributed by atoms with van der Waals surface area (Å²) in [4.78, 5) is 41.6. The third-order valence-electron chi connectivity index (χ3n) is 4.31. The average Bonchev–Trinajstić information content (AvgIpc) is 3.04. The second-order valence-electron chi connectivity index (χ2n) is 6.81. The van der Waals surface area contributed by atoms with Crippen LogP contribution in [0.15, 0.2) is 40.2 Å². The van der Waals surface area contributed by atoms with Gasteiger partial charge in [-0.15, -0.1) is 0 Å². The van der Waals surface area contributed by atoms with E-state index in [2.05, 4.69) is 10.3 Å². The summed E-state index contributed by atoms with van der Waals surface area (Å²) in [5, 5.41) is 2.74. The third-order valence-corrected chi connectivity index (χ3v) is 4.31. The number of hydrogen-bond donors (Lipinski definition) is 1. The SMILES string of the molecule is CC(C)Oc1ccccc1CNC(=O)Cn1c(=O)c2c(ncn2C)n(C)c1=O. The van der Waals surface area contributed by atoms with Crippen molar-refractivity contribution in [3.8, 4) is 5.75 Å². The van der Waals surface area contributed by atoms with E-state index in [9.17, 15) is 14.4 Å². The van der Waals surface area contributed by atoms with Gasteiger partial charge in [0.25, 0.3) is 5.56 Å². The van der Waals surface area contributed by atoms with Gasteiger partial charge in [-0.25, -0.2) is 14.3 Å². The Morgan fingerprint density at radius 3 is 2.64 bits per heavy atom. The number of ether oxygens (including phenoxy) is 1. The molecule has 3 aromatic rings. The summed E-state index contributed by atoms with van der Waals surface area (Å²) in [6.45, 7) is 3.70. The molecule has 28 heavy (non-hydrogen) atoms. The summed E-state index contributed by atoms with van der Waals surface area (Å²) >= 11 is 0. The maximum Gasteiger partial charge on any atom is 0.332 e. The van der Waals surface area contributed by atoms with Gasteiger partial charge in [0.15, 0.2) is 11.2 Å². The number of carbonyl (C=O) groups is 1. The van der Waals surface area contributed by atoms with Gasteiger partial charge < -0.3 is 14.6 Å². The second-order valence-corrected chi connectivity index (χ2v) is 6.81. The van der Waals surface area contributed by atoms with E-state index in [-0.39, 0.29) is 30.4 Å². The quantitative estimate of drug-likeness (QED) is 0.667. The van der Waals surface area contributed by atoms with Crippen molar-refractivity contribution in [3.05, 3.63) is 57.0 Å². The maximum absolute atomic E-state index is 12.7. The van der Waals surface area contributed by atoms with Crippen LogP contribution in [0.3, 0.4) is 0 Å². The highest BCUT2D eigenvalue weighted by molar-refractivity contribution is 5.76. The average molecular weight is 385 g/mol. The molecule has 0 atom stereocenters. The van der Waals surface area contributed by atoms with Crippen LogP contribution < -0.4 is 21.3 Å². The summed E-state index contributed by atoms with van der Waals surface area (Å²) < 4.78 is 9.44. The number of aryl methyl sites for hydroxylation is 2. The second kappa shape index (κ2) is 7.71. The summed E-state index contributed by atoms with van der Waals surface area (Å²) in [6.07, 6.45) is 1.46. The van der Waals surface area contributed by atoms with Gasteiger partial charge in [0.1, 0.15) is 12.3 Å². The molecule has 0 saturated heterocycles. The highest BCUT2D eigenvalue weighted by Crippen LogP contribution is 2.19. The highest BCUT2D eigenvalue weighted by atomic mass is 16.5. The lowest BCUT2D eigenvalue weighted by molar-refractivity contribution is -0.121. The molecule has 2 aromatic heterocycles. The Morgan fingerprint density at radius 1 is 1.21 bits per heavy atom. The monoisotopic (exact) mass is 385 g/mol. The van der Waals surface area contributed by atoms with Gasteiger partial charge in [0.05, 0.1) is 12.4 Å². The molecule has 0 fully saturated rings. The van der Waals surface area contributed by atoms with Crippen LogP contribution in [0, 0.1) is 0 Å². The Balaban J connectivity index is 1.81. The molecule has 148 valence electrons. The predicted molar refractivity (Wildman–Crippen MR) is 104 cm³/mol. The number of rotatable bonds is 6. The third kappa shape index (κ3) is 3.68. The van der Waals surface area contributed by atoms with Crippen LogP contribution in [-0.4, -0.2) is 30.7 Å². The Bertz CT molecular complexity index is 1140. The number of para-hydroxylation sites is 1. The molecule has 0 aliphatic carbocycles. The van der Waals surface area contributed by atoms with E-state index in [4.69, 9.17) is 4.74 Å².